The zero-order valence-electron chi connectivity index (χ0n) is 22.2. The van der Waals surface area contributed by atoms with Crippen LogP contribution in [-0.4, -0.2) is 38.8 Å². The number of fused-ring (bicyclic) bond motifs is 1. The van der Waals surface area contributed by atoms with Crippen LogP contribution in [0.4, 0.5) is 0 Å². The Morgan fingerprint density at radius 1 is 0.875 bits per heavy atom. The molecule has 0 unspecified atom stereocenters. The van der Waals surface area contributed by atoms with Crippen molar-refractivity contribution in [2.75, 3.05) is 13.1 Å². The second-order valence-electron chi connectivity index (χ2n) is 10.2. The summed E-state index contributed by atoms with van der Waals surface area (Å²) in [6, 6.07) is 27.8. The van der Waals surface area contributed by atoms with Crippen LogP contribution in [0.5, 0.6) is 0 Å². The minimum atomic E-state index is -0.157. The van der Waals surface area contributed by atoms with E-state index in [1.54, 1.807) is 12.4 Å². The molecule has 2 N–H and O–H groups in total. The van der Waals surface area contributed by atoms with Crippen LogP contribution >= 0.6 is 0 Å². The van der Waals surface area contributed by atoms with E-state index in [1.165, 1.54) is 0 Å². The maximum absolute atomic E-state index is 13.6. The molecule has 1 aliphatic heterocycles. The van der Waals surface area contributed by atoms with Crippen molar-refractivity contribution in [3.8, 4) is 22.4 Å². The highest BCUT2D eigenvalue weighted by molar-refractivity contribution is 5.91. The van der Waals surface area contributed by atoms with Crippen molar-refractivity contribution in [1.82, 2.24) is 25.2 Å². The molecule has 0 radical (unpaired) electrons. The molecule has 1 saturated heterocycles. The number of piperidine rings is 1. The minimum absolute atomic E-state index is 0.0302. The highest BCUT2D eigenvalue weighted by atomic mass is 16.2. The van der Waals surface area contributed by atoms with Gasteiger partial charge < -0.3 is 15.2 Å². The Morgan fingerprint density at radius 2 is 1.65 bits per heavy atom. The average Bonchev–Trinajstić information content (AvgIpc) is 3.02. The molecular weight excluding hydrogens is 498 g/mol. The molecule has 1 amide bonds. The molecule has 1 fully saturated rings. The monoisotopic (exact) mass is 529 g/mol. The van der Waals surface area contributed by atoms with Crippen LogP contribution in [-0.2, 0) is 17.9 Å². The van der Waals surface area contributed by atoms with E-state index < -0.39 is 0 Å². The number of aromatic nitrogens is 3. The van der Waals surface area contributed by atoms with Gasteiger partial charge in [0.15, 0.2) is 0 Å². The summed E-state index contributed by atoms with van der Waals surface area (Å²) in [6.45, 7) is 2.73. The summed E-state index contributed by atoms with van der Waals surface area (Å²) in [5, 5.41) is 3.91. The zero-order chi connectivity index (χ0) is 27.3. The summed E-state index contributed by atoms with van der Waals surface area (Å²) in [6.07, 6.45) is 5.11. The highest BCUT2D eigenvalue weighted by Crippen LogP contribution is 2.33. The predicted molar refractivity (Wildman–Crippen MR) is 157 cm³/mol. The zero-order valence-corrected chi connectivity index (χ0v) is 22.2. The quantitative estimate of drug-likeness (QED) is 0.303. The van der Waals surface area contributed by atoms with Crippen molar-refractivity contribution in [3.63, 3.8) is 0 Å². The molecule has 40 heavy (non-hydrogen) atoms. The van der Waals surface area contributed by atoms with E-state index in [0.29, 0.717) is 24.0 Å². The number of pyridine rings is 3. The molecule has 0 spiro atoms. The van der Waals surface area contributed by atoms with Crippen LogP contribution in [0, 0.1) is 5.92 Å². The van der Waals surface area contributed by atoms with Gasteiger partial charge in [0.2, 0.25) is 5.91 Å². The molecule has 0 atom stereocenters. The lowest BCUT2D eigenvalue weighted by atomic mass is 9.95. The van der Waals surface area contributed by atoms with Gasteiger partial charge >= 0.3 is 0 Å². The second-order valence-corrected chi connectivity index (χ2v) is 10.2. The van der Waals surface area contributed by atoms with Gasteiger partial charge in [-0.1, -0.05) is 60.7 Å². The van der Waals surface area contributed by atoms with Crippen LogP contribution < -0.4 is 10.9 Å². The highest BCUT2D eigenvalue weighted by Gasteiger charge is 2.26. The normalized spacial score (nSPS) is 13.8. The van der Waals surface area contributed by atoms with Gasteiger partial charge in [0.05, 0.1) is 28.8 Å². The summed E-state index contributed by atoms with van der Waals surface area (Å²) < 4.78 is 0. The van der Waals surface area contributed by atoms with Crippen LogP contribution in [0.15, 0.2) is 102 Å². The lowest BCUT2D eigenvalue weighted by Crippen LogP contribution is -2.40. The van der Waals surface area contributed by atoms with Gasteiger partial charge in [-0.2, -0.15) is 0 Å². The first kappa shape index (κ1) is 25.6. The lowest BCUT2D eigenvalue weighted by Gasteiger charge is -2.29. The number of rotatable bonds is 7. The Bertz CT molecular complexity index is 1660. The van der Waals surface area contributed by atoms with Gasteiger partial charge in [-0.05, 0) is 61.3 Å². The standard InChI is InChI=1S/C33H31N5O2/c39-32-29-20-28(24-6-2-1-3-7-24)31(37-30(29)15-19-36-32)25-11-9-23(10-12-25)21-38(22-27-8-4-5-16-35-27)33(40)26-13-17-34-18-14-26/h1-12,15-16,19-20,26,34H,13-14,17-18,21-22H2,(H,36,39). The molecule has 200 valence electrons. The number of nitrogens with one attached hydrogen (secondary N) is 2. The third-order valence-electron chi connectivity index (χ3n) is 7.52. The number of carbonyl (C=O) groups is 1. The second kappa shape index (κ2) is 11.6. The van der Waals surface area contributed by atoms with Crippen LogP contribution in [0.2, 0.25) is 0 Å². The maximum atomic E-state index is 13.6. The van der Waals surface area contributed by atoms with Crippen LogP contribution in [0.25, 0.3) is 33.3 Å². The van der Waals surface area contributed by atoms with E-state index in [9.17, 15) is 9.59 Å². The summed E-state index contributed by atoms with van der Waals surface area (Å²) in [5.41, 5.74) is 6.07. The van der Waals surface area contributed by atoms with Crippen molar-refractivity contribution in [2.45, 2.75) is 25.9 Å². The number of hydrogen-bond donors (Lipinski definition) is 2. The smallest absolute Gasteiger partial charge is 0.257 e. The van der Waals surface area contributed by atoms with Crippen molar-refractivity contribution in [3.05, 3.63) is 119 Å². The molecule has 4 heterocycles. The average molecular weight is 530 g/mol. The van der Waals surface area contributed by atoms with Gasteiger partial charge in [-0.15, -0.1) is 0 Å². The van der Waals surface area contributed by atoms with E-state index >= 15 is 0 Å². The van der Waals surface area contributed by atoms with Crippen LogP contribution in [0.3, 0.4) is 0 Å². The Balaban J connectivity index is 1.32. The lowest BCUT2D eigenvalue weighted by molar-refractivity contribution is -0.137. The molecule has 0 bridgehead atoms. The van der Waals surface area contributed by atoms with Crippen molar-refractivity contribution < 1.29 is 4.79 Å². The molecule has 0 aliphatic carbocycles. The minimum Gasteiger partial charge on any atom is -0.332 e. The SMILES string of the molecule is O=C(C1CCNCC1)N(Cc1ccc(-c2nc3cc[nH]c(=O)c3cc2-c2ccccc2)cc1)Cc1ccccn1. The van der Waals surface area contributed by atoms with Gasteiger partial charge in [0, 0.05) is 36.0 Å². The van der Waals surface area contributed by atoms with E-state index in [-0.39, 0.29) is 17.4 Å². The Hall–Kier alpha value is -4.62. The van der Waals surface area contributed by atoms with Crippen LogP contribution in [0.1, 0.15) is 24.1 Å². The van der Waals surface area contributed by atoms with E-state index in [4.69, 9.17) is 4.98 Å². The van der Waals surface area contributed by atoms with Crippen molar-refractivity contribution in [2.24, 2.45) is 5.92 Å². The van der Waals surface area contributed by atoms with Gasteiger partial charge in [-0.3, -0.25) is 14.6 Å². The van der Waals surface area contributed by atoms with Gasteiger partial charge in [0.1, 0.15) is 0 Å². The largest absolute Gasteiger partial charge is 0.332 e. The summed E-state index contributed by atoms with van der Waals surface area (Å²) in [7, 11) is 0. The number of carbonyl (C=O) groups excluding carboxylic acids is 1. The number of H-pyrrole nitrogens is 1. The van der Waals surface area contributed by atoms with Gasteiger partial charge in [-0.25, -0.2) is 4.98 Å². The van der Waals surface area contributed by atoms with E-state index in [0.717, 1.165) is 59.6 Å². The molecule has 2 aromatic carbocycles. The molecule has 3 aromatic heterocycles. The molecule has 6 rings (SSSR count). The number of nitrogens with zero attached hydrogens (tertiary/aromatic N) is 3. The number of benzene rings is 2. The Labute approximate surface area is 232 Å². The molecule has 7 heteroatoms. The molecule has 5 aromatic rings. The third kappa shape index (κ3) is 5.55. The third-order valence-corrected chi connectivity index (χ3v) is 7.52. The van der Waals surface area contributed by atoms with Crippen molar-refractivity contribution >= 4 is 16.8 Å². The van der Waals surface area contributed by atoms with E-state index in [1.807, 2.05) is 65.6 Å². The topological polar surface area (TPSA) is 91.0 Å². The number of aromatic amines is 1. The summed E-state index contributed by atoms with van der Waals surface area (Å²) >= 11 is 0. The first-order valence-corrected chi connectivity index (χ1v) is 13.7. The van der Waals surface area contributed by atoms with Crippen molar-refractivity contribution in [1.29, 1.82) is 0 Å². The number of hydrogen-bond acceptors (Lipinski definition) is 5. The van der Waals surface area contributed by atoms with E-state index in [2.05, 4.69) is 39.6 Å². The fourth-order valence-corrected chi connectivity index (χ4v) is 5.38. The first-order chi connectivity index (χ1) is 19.7. The molecule has 0 saturated carbocycles. The first-order valence-electron chi connectivity index (χ1n) is 13.7. The maximum Gasteiger partial charge on any atom is 0.257 e. The summed E-state index contributed by atoms with van der Waals surface area (Å²) in [4.78, 5) is 40.2. The van der Waals surface area contributed by atoms with Gasteiger partial charge in [0.25, 0.3) is 5.56 Å². The predicted octanol–water partition coefficient (Wildman–Crippen LogP) is 5.18. The fraction of sp³-hybridized carbons (Fsp3) is 0.212. The Kier molecular flexibility index (Phi) is 7.46. The molecular formula is C33H31N5O2. The molecule has 7 nitrogen and oxygen atoms in total. The molecule has 1 aliphatic rings. The Morgan fingerprint density at radius 3 is 2.40 bits per heavy atom. The summed E-state index contributed by atoms with van der Waals surface area (Å²) in [5.74, 6) is 0.214. The fourth-order valence-electron chi connectivity index (χ4n) is 5.38. The number of amides is 1.